The lowest BCUT2D eigenvalue weighted by Gasteiger charge is -2.09. The third-order valence-corrected chi connectivity index (χ3v) is 3.90. The Hall–Kier alpha value is -3.94. The molecule has 3 rings (SSSR count). The molecule has 0 fully saturated rings. The van der Waals surface area contributed by atoms with Gasteiger partial charge in [0.05, 0.1) is 9.85 Å². The molecule has 0 aromatic heterocycles. The molecule has 0 N–H and O–H groups in total. The van der Waals surface area contributed by atoms with Gasteiger partial charge in [-0.1, -0.05) is 18.2 Å². The van der Waals surface area contributed by atoms with Gasteiger partial charge >= 0.3 is 0 Å². The number of ether oxygens (including phenoxy) is 2. The summed E-state index contributed by atoms with van der Waals surface area (Å²) in [6, 6.07) is 19.4. The molecule has 142 valence electrons. The van der Waals surface area contributed by atoms with E-state index >= 15 is 0 Å². The van der Waals surface area contributed by atoms with E-state index in [1.807, 2.05) is 24.3 Å². The van der Waals surface area contributed by atoms with E-state index < -0.39 is 9.85 Å². The third kappa shape index (κ3) is 5.04. The predicted molar refractivity (Wildman–Crippen MR) is 101 cm³/mol. The largest absolute Gasteiger partial charge is 0.489 e. The van der Waals surface area contributed by atoms with Crippen molar-refractivity contribution in [2.45, 2.75) is 13.2 Å². The van der Waals surface area contributed by atoms with E-state index in [2.05, 4.69) is 0 Å². The number of hydrogen-bond acceptors (Lipinski definition) is 6. The van der Waals surface area contributed by atoms with Crippen molar-refractivity contribution in [3.05, 3.63) is 104 Å². The fourth-order valence-electron chi connectivity index (χ4n) is 2.47. The number of benzene rings is 3. The monoisotopic (exact) mass is 380 g/mol. The second kappa shape index (κ2) is 8.63. The van der Waals surface area contributed by atoms with E-state index in [1.54, 1.807) is 24.3 Å². The number of non-ortho nitro benzene ring substituents is 2. The molecule has 3 aromatic rings. The van der Waals surface area contributed by atoms with Crippen LogP contribution in [0.15, 0.2) is 72.8 Å². The van der Waals surface area contributed by atoms with E-state index in [-0.39, 0.29) is 11.4 Å². The van der Waals surface area contributed by atoms with E-state index in [0.717, 1.165) is 11.1 Å². The van der Waals surface area contributed by atoms with Gasteiger partial charge in [0.15, 0.2) is 0 Å². The van der Waals surface area contributed by atoms with Crippen LogP contribution in [-0.2, 0) is 13.2 Å². The number of nitro groups is 2. The first-order valence-electron chi connectivity index (χ1n) is 8.33. The van der Waals surface area contributed by atoms with E-state index in [9.17, 15) is 20.2 Å². The summed E-state index contributed by atoms with van der Waals surface area (Å²) in [5, 5.41) is 21.3. The Kier molecular flexibility index (Phi) is 5.81. The summed E-state index contributed by atoms with van der Waals surface area (Å²) in [7, 11) is 0. The van der Waals surface area contributed by atoms with Gasteiger partial charge in [-0.2, -0.15) is 0 Å². The highest BCUT2D eigenvalue weighted by Crippen LogP contribution is 2.20. The second-order valence-corrected chi connectivity index (χ2v) is 5.90. The van der Waals surface area contributed by atoms with Crippen molar-refractivity contribution < 1.29 is 19.3 Å². The van der Waals surface area contributed by atoms with Crippen LogP contribution in [0.3, 0.4) is 0 Å². The lowest BCUT2D eigenvalue weighted by molar-refractivity contribution is -0.385. The number of rotatable bonds is 8. The van der Waals surface area contributed by atoms with Gasteiger partial charge in [0.1, 0.15) is 24.7 Å². The topological polar surface area (TPSA) is 105 Å². The van der Waals surface area contributed by atoms with Crippen molar-refractivity contribution in [3.8, 4) is 11.5 Å². The summed E-state index contributed by atoms with van der Waals surface area (Å²) in [5.41, 5.74) is 1.86. The van der Waals surface area contributed by atoms with Crippen molar-refractivity contribution >= 4 is 11.4 Å². The maximum Gasteiger partial charge on any atom is 0.269 e. The molecule has 28 heavy (non-hydrogen) atoms. The molecule has 0 amide bonds. The molecule has 0 aliphatic carbocycles. The first-order chi connectivity index (χ1) is 13.5. The summed E-state index contributed by atoms with van der Waals surface area (Å²) >= 11 is 0. The van der Waals surface area contributed by atoms with Crippen LogP contribution in [0.4, 0.5) is 11.4 Å². The van der Waals surface area contributed by atoms with Crippen LogP contribution in [0.1, 0.15) is 11.1 Å². The molecule has 0 bridgehead atoms. The van der Waals surface area contributed by atoms with Gasteiger partial charge in [0.25, 0.3) is 11.4 Å². The third-order valence-electron chi connectivity index (χ3n) is 3.90. The van der Waals surface area contributed by atoms with Gasteiger partial charge in [0.2, 0.25) is 0 Å². The van der Waals surface area contributed by atoms with Crippen LogP contribution in [0.2, 0.25) is 0 Å². The van der Waals surface area contributed by atoms with E-state index in [1.165, 1.54) is 24.3 Å². The average molecular weight is 380 g/mol. The minimum absolute atomic E-state index is 0.0118. The van der Waals surface area contributed by atoms with Crippen LogP contribution in [-0.4, -0.2) is 9.85 Å². The van der Waals surface area contributed by atoms with Crippen molar-refractivity contribution in [2.24, 2.45) is 0 Å². The number of nitrogens with zero attached hydrogens (tertiary/aromatic N) is 2. The Labute approximate surface area is 160 Å². The van der Waals surface area contributed by atoms with E-state index in [4.69, 9.17) is 9.47 Å². The highest BCUT2D eigenvalue weighted by molar-refractivity contribution is 5.37. The molecule has 8 nitrogen and oxygen atoms in total. The summed E-state index contributed by atoms with van der Waals surface area (Å²) in [6.07, 6.45) is 0. The SMILES string of the molecule is O=[N+]([O-])c1ccc(OCc2cccc(COc3ccc([N+](=O)[O-])cc3)c2)cc1. The second-order valence-electron chi connectivity index (χ2n) is 5.90. The lowest BCUT2D eigenvalue weighted by Crippen LogP contribution is -1.99. The lowest BCUT2D eigenvalue weighted by atomic mass is 10.1. The predicted octanol–water partition coefficient (Wildman–Crippen LogP) is 4.66. The Morgan fingerprint density at radius 2 is 1.04 bits per heavy atom. The van der Waals surface area contributed by atoms with Gasteiger partial charge in [-0.05, 0) is 41.5 Å². The summed E-state index contributed by atoms with van der Waals surface area (Å²) in [5.74, 6) is 1.08. The first-order valence-corrected chi connectivity index (χ1v) is 8.33. The molecule has 0 aliphatic rings. The minimum Gasteiger partial charge on any atom is -0.489 e. The molecule has 0 spiro atoms. The molecule has 0 saturated carbocycles. The maximum atomic E-state index is 10.7. The fraction of sp³-hybridized carbons (Fsp3) is 0.100. The molecular weight excluding hydrogens is 364 g/mol. The zero-order valence-corrected chi connectivity index (χ0v) is 14.7. The van der Waals surface area contributed by atoms with Crippen molar-refractivity contribution in [1.82, 2.24) is 0 Å². The van der Waals surface area contributed by atoms with Crippen LogP contribution < -0.4 is 9.47 Å². The number of nitro benzene ring substituents is 2. The standard InChI is InChI=1S/C20H16N2O6/c23-21(24)17-4-8-19(9-5-17)27-13-15-2-1-3-16(12-15)14-28-20-10-6-18(7-11-20)22(25)26/h1-12H,13-14H2. The molecule has 0 aliphatic heterocycles. The van der Waals surface area contributed by atoms with Crippen molar-refractivity contribution in [2.75, 3.05) is 0 Å². The van der Waals surface area contributed by atoms with Crippen LogP contribution in [0.25, 0.3) is 0 Å². The van der Waals surface area contributed by atoms with Crippen LogP contribution >= 0.6 is 0 Å². The Morgan fingerprint density at radius 3 is 1.39 bits per heavy atom. The van der Waals surface area contributed by atoms with Gasteiger partial charge in [-0.25, -0.2) is 0 Å². The summed E-state index contributed by atoms with van der Waals surface area (Å²) in [4.78, 5) is 20.4. The van der Waals surface area contributed by atoms with Gasteiger partial charge in [-0.15, -0.1) is 0 Å². The Bertz CT molecular complexity index is 894. The molecule has 0 atom stereocenters. The van der Waals surface area contributed by atoms with Gasteiger partial charge < -0.3 is 9.47 Å². The minimum atomic E-state index is -0.460. The molecule has 0 unspecified atom stereocenters. The zero-order valence-electron chi connectivity index (χ0n) is 14.7. The highest BCUT2D eigenvalue weighted by Gasteiger charge is 2.06. The normalized spacial score (nSPS) is 10.3. The zero-order chi connectivity index (χ0) is 19.9. The average Bonchev–Trinajstić information content (AvgIpc) is 2.71. The fourth-order valence-corrected chi connectivity index (χ4v) is 2.47. The maximum absolute atomic E-state index is 10.7. The Morgan fingerprint density at radius 1 is 0.643 bits per heavy atom. The van der Waals surface area contributed by atoms with Crippen molar-refractivity contribution in [1.29, 1.82) is 0 Å². The summed E-state index contributed by atoms with van der Waals surface area (Å²) < 4.78 is 11.3. The molecule has 8 heteroatoms. The molecule has 0 saturated heterocycles. The van der Waals surface area contributed by atoms with Crippen molar-refractivity contribution in [3.63, 3.8) is 0 Å². The van der Waals surface area contributed by atoms with E-state index in [0.29, 0.717) is 24.7 Å². The van der Waals surface area contributed by atoms with Gasteiger partial charge in [0, 0.05) is 24.3 Å². The molecule has 3 aromatic carbocycles. The smallest absolute Gasteiger partial charge is 0.269 e. The highest BCUT2D eigenvalue weighted by atomic mass is 16.6. The van der Waals surface area contributed by atoms with Crippen LogP contribution in [0.5, 0.6) is 11.5 Å². The molecule has 0 radical (unpaired) electrons. The number of hydrogen-bond donors (Lipinski definition) is 0. The van der Waals surface area contributed by atoms with Gasteiger partial charge in [-0.3, -0.25) is 20.2 Å². The first kappa shape index (κ1) is 18.8. The molecular formula is C20H16N2O6. The quantitative estimate of drug-likeness (QED) is 0.416. The Balaban J connectivity index is 1.56. The summed E-state index contributed by atoms with van der Waals surface area (Å²) in [6.45, 7) is 0.617. The van der Waals surface area contributed by atoms with Crippen LogP contribution in [0, 0.1) is 20.2 Å². The molecule has 0 heterocycles.